The number of amidine groups is 2. The molecule has 0 spiro atoms. The predicted molar refractivity (Wildman–Crippen MR) is 189 cm³/mol. The molecule has 8 aromatic rings. The van der Waals surface area contributed by atoms with Crippen LogP contribution in [0, 0.1) is 0 Å². The van der Waals surface area contributed by atoms with Gasteiger partial charge in [0.2, 0.25) is 0 Å². The molecule has 1 atom stereocenters. The van der Waals surface area contributed by atoms with Crippen LogP contribution in [0.5, 0.6) is 0 Å². The molecule has 218 valence electrons. The first kappa shape index (κ1) is 26.2. The van der Waals surface area contributed by atoms with E-state index in [0.29, 0.717) is 5.84 Å². The minimum atomic E-state index is -0.230. The minimum absolute atomic E-state index is 0.230. The average molecular weight is 592 g/mol. The van der Waals surface area contributed by atoms with Crippen molar-refractivity contribution >= 4 is 44.4 Å². The zero-order chi connectivity index (χ0) is 30.5. The summed E-state index contributed by atoms with van der Waals surface area (Å²) in [5, 5.41) is 7.29. The fourth-order valence-corrected chi connectivity index (χ4v) is 6.66. The van der Waals surface area contributed by atoms with Crippen molar-refractivity contribution < 1.29 is 0 Å². The molecule has 0 saturated heterocycles. The van der Waals surface area contributed by atoms with E-state index >= 15 is 0 Å². The number of benzene rings is 6. The van der Waals surface area contributed by atoms with Crippen molar-refractivity contribution in [2.24, 2.45) is 9.98 Å². The first-order valence-corrected chi connectivity index (χ1v) is 15.5. The largest absolute Gasteiger partial charge is 0.344 e. The zero-order valence-corrected chi connectivity index (χ0v) is 25.0. The van der Waals surface area contributed by atoms with Gasteiger partial charge in [-0.15, -0.1) is 0 Å². The SMILES string of the molecule is c1ccc(C2=NC(c3ccc(-n4c5ccccc5c5c6ccn(-c7ccccc7)c6ccc54)cc3)=NC(c3ccccc3)N2)cc1. The monoisotopic (exact) mass is 591 g/mol. The van der Waals surface area contributed by atoms with Crippen LogP contribution in [-0.2, 0) is 0 Å². The first-order valence-electron chi connectivity index (χ1n) is 15.5. The molecule has 5 nitrogen and oxygen atoms in total. The van der Waals surface area contributed by atoms with Crippen LogP contribution < -0.4 is 5.32 Å². The molecule has 6 aromatic carbocycles. The summed E-state index contributed by atoms with van der Waals surface area (Å²) in [5.74, 6) is 1.53. The van der Waals surface area contributed by atoms with E-state index in [2.05, 4.69) is 142 Å². The Hall–Kier alpha value is -6.20. The summed E-state index contributed by atoms with van der Waals surface area (Å²) in [4.78, 5) is 10.1. The minimum Gasteiger partial charge on any atom is -0.344 e. The van der Waals surface area contributed by atoms with Crippen LogP contribution >= 0.6 is 0 Å². The Morgan fingerprint density at radius 2 is 1.15 bits per heavy atom. The Morgan fingerprint density at radius 3 is 1.93 bits per heavy atom. The van der Waals surface area contributed by atoms with Gasteiger partial charge in [0.25, 0.3) is 0 Å². The fraction of sp³-hybridized carbons (Fsp3) is 0.0244. The van der Waals surface area contributed by atoms with E-state index in [1.165, 1.54) is 32.7 Å². The third kappa shape index (κ3) is 4.32. The van der Waals surface area contributed by atoms with Crippen LogP contribution in [0.25, 0.3) is 44.1 Å². The van der Waals surface area contributed by atoms with Crippen LogP contribution in [0.3, 0.4) is 0 Å². The molecule has 0 bridgehead atoms. The van der Waals surface area contributed by atoms with E-state index in [1.807, 2.05) is 36.4 Å². The normalized spacial score (nSPS) is 14.7. The highest BCUT2D eigenvalue weighted by molar-refractivity contribution is 6.21. The van der Waals surface area contributed by atoms with Gasteiger partial charge in [-0.05, 0) is 66.2 Å². The number of hydrogen-bond acceptors (Lipinski definition) is 3. The highest BCUT2D eigenvalue weighted by Crippen LogP contribution is 2.38. The smallest absolute Gasteiger partial charge is 0.159 e. The molecule has 0 radical (unpaired) electrons. The summed E-state index contributed by atoms with van der Waals surface area (Å²) in [6.07, 6.45) is 1.94. The second kappa shape index (κ2) is 10.8. The van der Waals surface area contributed by atoms with Gasteiger partial charge in [-0.3, -0.25) is 0 Å². The third-order valence-electron chi connectivity index (χ3n) is 8.83. The van der Waals surface area contributed by atoms with Crippen molar-refractivity contribution in [2.45, 2.75) is 6.17 Å². The van der Waals surface area contributed by atoms with Gasteiger partial charge in [0.15, 0.2) is 5.84 Å². The van der Waals surface area contributed by atoms with Gasteiger partial charge >= 0.3 is 0 Å². The van der Waals surface area contributed by atoms with Crippen molar-refractivity contribution in [2.75, 3.05) is 0 Å². The van der Waals surface area contributed by atoms with Crippen LogP contribution in [0.15, 0.2) is 174 Å². The van der Waals surface area contributed by atoms with E-state index in [4.69, 9.17) is 9.98 Å². The highest BCUT2D eigenvalue weighted by Gasteiger charge is 2.21. The molecule has 0 saturated carbocycles. The summed E-state index contributed by atoms with van der Waals surface area (Å²) in [6.45, 7) is 0. The molecule has 1 N–H and O–H groups in total. The van der Waals surface area contributed by atoms with E-state index in [0.717, 1.165) is 33.9 Å². The van der Waals surface area contributed by atoms with Gasteiger partial charge in [-0.1, -0.05) is 97.1 Å². The summed E-state index contributed by atoms with van der Waals surface area (Å²) in [5.41, 5.74) is 8.91. The number of rotatable bonds is 5. The second-order valence-electron chi connectivity index (χ2n) is 11.5. The maximum absolute atomic E-state index is 5.06. The quantitative estimate of drug-likeness (QED) is 0.213. The topological polar surface area (TPSA) is 46.6 Å². The number of nitrogens with zero attached hydrogens (tertiary/aromatic N) is 4. The van der Waals surface area contributed by atoms with Crippen LogP contribution in [-0.4, -0.2) is 20.8 Å². The number of nitrogens with one attached hydrogen (secondary N) is 1. The van der Waals surface area contributed by atoms with Gasteiger partial charge in [-0.2, -0.15) is 0 Å². The molecule has 2 aromatic heterocycles. The number of aromatic nitrogens is 2. The predicted octanol–water partition coefficient (Wildman–Crippen LogP) is 9.22. The average Bonchev–Trinajstić information content (AvgIpc) is 3.72. The van der Waals surface area contributed by atoms with Crippen molar-refractivity contribution in [1.82, 2.24) is 14.5 Å². The lowest BCUT2D eigenvalue weighted by atomic mass is 10.1. The lowest BCUT2D eigenvalue weighted by Gasteiger charge is -2.23. The summed E-state index contributed by atoms with van der Waals surface area (Å²) in [7, 11) is 0. The molecule has 0 aliphatic carbocycles. The number of fused-ring (bicyclic) bond motifs is 5. The van der Waals surface area contributed by atoms with E-state index < -0.39 is 0 Å². The summed E-state index contributed by atoms with van der Waals surface area (Å²) < 4.78 is 4.63. The first-order chi connectivity index (χ1) is 22.8. The van der Waals surface area contributed by atoms with Crippen molar-refractivity contribution in [1.29, 1.82) is 0 Å². The Kier molecular flexibility index (Phi) is 6.13. The number of aliphatic imine (C=N–C) groups is 2. The van der Waals surface area contributed by atoms with Gasteiger partial charge in [-0.25, -0.2) is 9.98 Å². The Morgan fingerprint density at radius 1 is 0.500 bits per heavy atom. The van der Waals surface area contributed by atoms with Gasteiger partial charge in [0.05, 0.1) is 16.6 Å². The molecule has 1 aliphatic heterocycles. The summed E-state index contributed by atoms with van der Waals surface area (Å²) >= 11 is 0. The van der Waals surface area contributed by atoms with Gasteiger partial charge in [0, 0.05) is 44.9 Å². The fourth-order valence-electron chi connectivity index (χ4n) is 6.66. The van der Waals surface area contributed by atoms with Gasteiger partial charge in [0.1, 0.15) is 12.0 Å². The van der Waals surface area contributed by atoms with Gasteiger partial charge < -0.3 is 14.5 Å². The molecule has 0 fully saturated rings. The summed E-state index contributed by atoms with van der Waals surface area (Å²) in [6, 6.07) is 55.1. The third-order valence-corrected chi connectivity index (χ3v) is 8.83. The van der Waals surface area contributed by atoms with Crippen LogP contribution in [0.2, 0.25) is 0 Å². The Bertz CT molecular complexity index is 2420. The maximum atomic E-state index is 5.06. The Labute approximate surface area is 266 Å². The molecule has 1 aliphatic rings. The molecule has 1 unspecified atom stereocenters. The second-order valence-corrected chi connectivity index (χ2v) is 11.5. The standard InChI is InChI=1S/C41H29N5/c1-4-12-28(13-5-1)39-42-40(29-14-6-2-7-15-29)44-41(43-39)30-20-22-32(23-21-30)46-36-19-11-10-18-33(36)38-34-26-27-45(31-16-8-3-9-17-31)35(34)24-25-37(38)46/h1-27,39H,(H,42,43,44). The highest BCUT2D eigenvalue weighted by atomic mass is 15.2. The molecule has 0 amide bonds. The molecular weight excluding hydrogens is 562 g/mol. The van der Waals surface area contributed by atoms with E-state index in [-0.39, 0.29) is 6.17 Å². The van der Waals surface area contributed by atoms with Crippen molar-refractivity contribution in [3.63, 3.8) is 0 Å². The van der Waals surface area contributed by atoms with E-state index in [9.17, 15) is 0 Å². The lowest BCUT2D eigenvalue weighted by Crippen LogP contribution is -2.33. The molecule has 3 heterocycles. The van der Waals surface area contributed by atoms with E-state index in [1.54, 1.807) is 0 Å². The molecular formula is C41H29N5. The molecule has 9 rings (SSSR count). The lowest BCUT2D eigenvalue weighted by molar-refractivity contribution is 0.674. The Balaban J connectivity index is 1.16. The van der Waals surface area contributed by atoms with Crippen LogP contribution in [0.4, 0.5) is 0 Å². The number of hydrogen-bond donors (Lipinski definition) is 1. The number of para-hydroxylation sites is 2. The van der Waals surface area contributed by atoms with Crippen molar-refractivity contribution in [3.05, 3.63) is 181 Å². The van der Waals surface area contributed by atoms with Crippen molar-refractivity contribution in [3.8, 4) is 11.4 Å². The maximum Gasteiger partial charge on any atom is 0.159 e. The molecule has 46 heavy (non-hydrogen) atoms. The molecule has 5 heteroatoms. The zero-order valence-electron chi connectivity index (χ0n) is 25.0. The van der Waals surface area contributed by atoms with Crippen LogP contribution in [0.1, 0.15) is 22.9 Å².